The minimum atomic E-state index is -0.816. The minimum Gasteiger partial charge on any atom is -0.481 e. The lowest BCUT2D eigenvalue weighted by atomic mass is 9.99. The molecule has 1 amide bonds. The molecule has 0 saturated carbocycles. The number of hydrogen-bond donors (Lipinski definition) is 4. The average Bonchev–Trinajstić information content (AvgIpc) is 3.41. The van der Waals surface area contributed by atoms with Crippen molar-refractivity contribution in [3.63, 3.8) is 0 Å². The third-order valence-corrected chi connectivity index (χ3v) is 6.99. The van der Waals surface area contributed by atoms with E-state index in [4.69, 9.17) is 26.9 Å². The van der Waals surface area contributed by atoms with Crippen molar-refractivity contribution in [2.45, 2.75) is 39.7 Å². The summed E-state index contributed by atoms with van der Waals surface area (Å²) in [6.45, 7) is 6.17. The maximum atomic E-state index is 12.5. The molecule has 4 N–H and O–H groups in total. The Balaban J connectivity index is 0.000000378. The number of carboxylic acids is 1. The van der Waals surface area contributed by atoms with Gasteiger partial charge in [-0.3, -0.25) is 9.59 Å². The Labute approximate surface area is 239 Å². The third kappa shape index (κ3) is 7.91. The van der Waals surface area contributed by atoms with Crippen LogP contribution in [0.25, 0.3) is 33.3 Å². The van der Waals surface area contributed by atoms with Gasteiger partial charge in [-0.15, -0.1) is 0 Å². The van der Waals surface area contributed by atoms with Crippen LogP contribution in [0.1, 0.15) is 44.0 Å². The molecule has 4 rings (SSSR count). The summed E-state index contributed by atoms with van der Waals surface area (Å²) in [6.07, 6.45) is 2.08. The largest absolute Gasteiger partial charge is 0.481 e. The van der Waals surface area contributed by atoms with Gasteiger partial charge in [-0.2, -0.15) is 0 Å². The van der Waals surface area contributed by atoms with Crippen molar-refractivity contribution in [2.24, 2.45) is 5.92 Å². The van der Waals surface area contributed by atoms with Crippen molar-refractivity contribution < 1.29 is 24.9 Å². The van der Waals surface area contributed by atoms with E-state index in [1.165, 1.54) is 0 Å². The van der Waals surface area contributed by atoms with Gasteiger partial charge in [0.05, 0.1) is 41.0 Å². The number of H-pyrrole nitrogens is 1. The summed E-state index contributed by atoms with van der Waals surface area (Å²) in [5.41, 5.74) is 6.44. The quantitative estimate of drug-likeness (QED) is 0.190. The predicted octanol–water partition coefficient (Wildman–Crippen LogP) is 5.87. The standard InChI is InChI=1S/C24H22ClN3O2.C7H14O3/c1-2-28(11-12-29)24(30)19-9-5-17(6-10-19)16-3-7-18(8-4-16)20-13-22-23(14-21(20)25)27-15-26-22;1-3-6(7(9)10)4-5(2)8/h3-10,13-15,29H,2,11-12H2,1H3,(H,26,27);5-6,8H,3-4H2,1-2H3,(H,9,10). The number of imidazole rings is 1. The second kappa shape index (κ2) is 14.6. The second-order valence-electron chi connectivity index (χ2n) is 9.54. The van der Waals surface area contributed by atoms with Gasteiger partial charge in [0.15, 0.2) is 0 Å². The molecule has 40 heavy (non-hydrogen) atoms. The smallest absolute Gasteiger partial charge is 0.306 e. The fourth-order valence-electron chi connectivity index (χ4n) is 4.38. The number of carboxylic acid groups (broad SMARTS) is 1. The molecular formula is C31H36ClN3O5. The molecule has 212 valence electrons. The summed E-state index contributed by atoms with van der Waals surface area (Å²) >= 11 is 6.46. The number of amides is 1. The van der Waals surface area contributed by atoms with Gasteiger partial charge in [0, 0.05) is 24.2 Å². The van der Waals surface area contributed by atoms with Crippen molar-refractivity contribution in [1.29, 1.82) is 0 Å². The number of aromatic amines is 1. The first kappa shape index (κ1) is 30.8. The molecule has 9 heteroatoms. The molecule has 0 aliphatic rings. The number of halogens is 1. The highest BCUT2D eigenvalue weighted by molar-refractivity contribution is 6.34. The summed E-state index contributed by atoms with van der Waals surface area (Å²) in [5, 5.41) is 27.1. The molecule has 1 heterocycles. The van der Waals surface area contributed by atoms with Crippen molar-refractivity contribution in [3.05, 3.63) is 77.6 Å². The molecule has 8 nitrogen and oxygen atoms in total. The molecule has 0 fully saturated rings. The Morgan fingerprint density at radius 2 is 1.60 bits per heavy atom. The highest BCUT2D eigenvalue weighted by Crippen LogP contribution is 2.32. The van der Waals surface area contributed by atoms with E-state index in [0.29, 0.717) is 36.5 Å². The third-order valence-electron chi connectivity index (χ3n) is 6.68. The van der Waals surface area contributed by atoms with E-state index in [1.54, 1.807) is 25.1 Å². The molecule has 0 spiro atoms. The van der Waals surface area contributed by atoms with Crippen LogP contribution < -0.4 is 0 Å². The van der Waals surface area contributed by atoms with Crippen LogP contribution in [0.3, 0.4) is 0 Å². The van der Waals surface area contributed by atoms with Crippen molar-refractivity contribution in [1.82, 2.24) is 14.9 Å². The van der Waals surface area contributed by atoms with Crippen LogP contribution in [0.15, 0.2) is 67.0 Å². The van der Waals surface area contributed by atoms with Gasteiger partial charge in [0.1, 0.15) is 0 Å². The SMILES string of the molecule is CCC(CC(C)O)C(=O)O.CCN(CCO)C(=O)c1ccc(-c2ccc(-c3cc4nc[nH]c4cc3Cl)cc2)cc1. The first-order valence-corrected chi connectivity index (χ1v) is 13.7. The Hall–Kier alpha value is -3.72. The van der Waals surface area contributed by atoms with Gasteiger partial charge in [-0.25, -0.2) is 4.98 Å². The first-order chi connectivity index (χ1) is 19.2. The number of hydrogen-bond acceptors (Lipinski definition) is 5. The zero-order valence-corrected chi connectivity index (χ0v) is 23.7. The number of aliphatic hydroxyl groups excluding tert-OH is 2. The molecule has 0 aliphatic carbocycles. The van der Waals surface area contributed by atoms with Crippen LogP contribution in [-0.2, 0) is 4.79 Å². The number of aromatic nitrogens is 2. The summed E-state index contributed by atoms with van der Waals surface area (Å²) in [6, 6.07) is 19.6. The summed E-state index contributed by atoms with van der Waals surface area (Å²) in [7, 11) is 0. The Bertz CT molecular complexity index is 1400. The Kier molecular flexibility index (Phi) is 11.3. The van der Waals surface area contributed by atoms with E-state index in [-0.39, 0.29) is 18.4 Å². The number of carbonyl (C=O) groups excluding carboxylic acids is 1. The second-order valence-corrected chi connectivity index (χ2v) is 9.95. The number of nitrogens with one attached hydrogen (secondary N) is 1. The zero-order chi connectivity index (χ0) is 29.2. The summed E-state index contributed by atoms with van der Waals surface area (Å²) in [4.78, 5) is 31.9. The lowest BCUT2D eigenvalue weighted by Crippen LogP contribution is -2.33. The molecule has 3 aromatic carbocycles. The molecule has 2 atom stereocenters. The molecule has 0 aliphatic heterocycles. The number of aliphatic hydroxyl groups is 2. The number of aliphatic carboxylic acids is 1. The van der Waals surface area contributed by atoms with E-state index >= 15 is 0 Å². The van der Waals surface area contributed by atoms with E-state index in [9.17, 15) is 9.59 Å². The minimum absolute atomic E-state index is 0.0406. The lowest BCUT2D eigenvalue weighted by molar-refractivity contribution is -0.142. The van der Waals surface area contributed by atoms with Crippen LogP contribution in [0, 0.1) is 5.92 Å². The van der Waals surface area contributed by atoms with E-state index in [1.807, 2.05) is 67.6 Å². The van der Waals surface area contributed by atoms with Gasteiger partial charge in [-0.1, -0.05) is 54.9 Å². The Morgan fingerprint density at radius 1 is 1.00 bits per heavy atom. The maximum Gasteiger partial charge on any atom is 0.306 e. The molecule has 4 aromatic rings. The number of likely N-dealkylation sites (N-methyl/N-ethyl adjacent to an activating group) is 1. The number of rotatable bonds is 10. The van der Waals surface area contributed by atoms with Crippen LogP contribution in [0.2, 0.25) is 5.02 Å². The maximum absolute atomic E-state index is 12.5. The predicted molar refractivity (Wildman–Crippen MR) is 158 cm³/mol. The van der Waals surface area contributed by atoms with Gasteiger partial charge in [0.2, 0.25) is 0 Å². The van der Waals surface area contributed by atoms with Gasteiger partial charge < -0.3 is 25.2 Å². The number of nitrogens with zero attached hydrogens (tertiary/aromatic N) is 2. The van der Waals surface area contributed by atoms with Crippen molar-refractivity contribution in [3.8, 4) is 22.3 Å². The molecule has 2 unspecified atom stereocenters. The summed E-state index contributed by atoms with van der Waals surface area (Å²) in [5.74, 6) is -1.28. The molecule has 1 aromatic heterocycles. The van der Waals surface area contributed by atoms with Crippen LogP contribution in [-0.4, -0.2) is 67.9 Å². The topological polar surface area (TPSA) is 127 Å². The first-order valence-electron chi connectivity index (χ1n) is 13.3. The fraction of sp³-hybridized carbons (Fsp3) is 0.323. The molecular weight excluding hydrogens is 530 g/mol. The van der Waals surface area contributed by atoms with Crippen LogP contribution in [0.4, 0.5) is 0 Å². The van der Waals surface area contributed by atoms with E-state index in [0.717, 1.165) is 33.3 Å². The van der Waals surface area contributed by atoms with Gasteiger partial charge in [0.25, 0.3) is 5.91 Å². The number of benzene rings is 3. The fourth-order valence-corrected chi connectivity index (χ4v) is 4.66. The van der Waals surface area contributed by atoms with E-state index in [2.05, 4.69) is 9.97 Å². The van der Waals surface area contributed by atoms with Gasteiger partial charge in [-0.05, 0) is 67.6 Å². The van der Waals surface area contributed by atoms with Crippen LogP contribution >= 0.6 is 11.6 Å². The summed E-state index contributed by atoms with van der Waals surface area (Å²) < 4.78 is 0. The molecule has 0 saturated heterocycles. The lowest BCUT2D eigenvalue weighted by Gasteiger charge is -2.19. The molecule has 0 radical (unpaired) electrons. The number of fused-ring (bicyclic) bond motifs is 1. The highest BCUT2D eigenvalue weighted by Gasteiger charge is 2.16. The highest BCUT2D eigenvalue weighted by atomic mass is 35.5. The van der Waals surface area contributed by atoms with Crippen LogP contribution in [0.5, 0.6) is 0 Å². The van der Waals surface area contributed by atoms with E-state index < -0.39 is 12.1 Å². The van der Waals surface area contributed by atoms with Gasteiger partial charge >= 0.3 is 5.97 Å². The molecule has 0 bridgehead atoms. The normalized spacial score (nSPS) is 12.3. The zero-order valence-electron chi connectivity index (χ0n) is 23.0. The monoisotopic (exact) mass is 565 g/mol. The average molecular weight is 566 g/mol. The number of carbonyl (C=O) groups is 2. The Morgan fingerprint density at radius 3 is 2.10 bits per heavy atom. The van der Waals surface area contributed by atoms with Crippen molar-refractivity contribution in [2.75, 3.05) is 19.7 Å². The van der Waals surface area contributed by atoms with Crippen molar-refractivity contribution >= 4 is 34.5 Å².